The molecule has 1 aromatic carbocycles. The lowest BCUT2D eigenvalue weighted by atomic mass is 10.2. The summed E-state index contributed by atoms with van der Waals surface area (Å²) < 4.78 is 1.45. The average molecular weight is 238 g/mol. The molecule has 0 aliphatic rings. The first-order chi connectivity index (χ1) is 7.58. The molecule has 0 spiro atoms. The van der Waals surface area contributed by atoms with E-state index in [9.17, 15) is 4.79 Å². The van der Waals surface area contributed by atoms with Gasteiger partial charge in [0, 0.05) is 0 Å². The summed E-state index contributed by atoms with van der Waals surface area (Å²) in [5, 5.41) is 13.4. The van der Waals surface area contributed by atoms with E-state index in [-0.39, 0.29) is 5.56 Å². The van der Waals surface area contributed by atoms with Crippen molar-refractivity contribution in [2.75, 3.05) is 0 Å². The van der Waals surface area contributed by atoms with Gasteiger partial charge in [0.15, 0.2) is 0 Å². The number of hydrogen-bond donors (Lipinski definition) is 1. The van der Waals surface area contributed by atoms with Gasteiger partial charge in [-0.25, -0.2) is 14.5 Å². The lowest BCUT2D eigenvalue weighted by Crippen LogP contribution is -2.01. The van der Waals surface area contributed by atoms with Crippen molar-refractivity contribution in [3.8, 4) is 5.69 Å². The molecule has 0 amide bonds. The number of halogens is 1. The van der Waals surface area contributed by atoms with E-state index in [2.05, 4.69) is 10.1 Å². The van der Waals surface area contributed by atoms with Gasteiger partial charge in [-0.2, -0.15) is 5.10 Å². The van der Waals surface area contributed by atoms with E-state index >= 15 is 0 Å². The van der Waals surface area contributed by atoms with Crippen LogP contribution in [0.3, 0.4) is 0 Å². The van der Waals surface area contributed by atoms with Gasteiger partial charge < -0.3 is 5.11 Å². The molecule has 1 aromatic heterocycles. The topological polar surface area (TPSA) is 68.0 Å². The van der Waals surface area contributed by atoms with Crippen molar-refractivity contribution in [2.45, 2.75) is 6.92 Å². The Morgan fingerprint density at radius 2 is 2.25 bits per heavy atom. The number of rotatable bonds is 2. The highest BCUT2D eigenvalue weighted by atomic mass is 35.5. The van der Waals surface area contributed by atoms with Crippen LogP contribution in [0.15, 0.2) is 24.5 Å². The molecule has 2 rings (SSSR count). The first-order valence-electron chi connectivity index (χ1n) is 4.49. The van der Waals surface area contributed by atoms with Crippen LogP contribution in [0.5, 0.6) is 0 Å². The molecule has 0 saturated heterocycles. The molecule has 0 atom stereocenters. The van der Waals surface area contributed by atoms with Crippen LogP contribution in [0.2, 0.25) is 5.02 Å². The molecule has 6 heteroatoms. The van der Waals surface area contributed by atoms with Gasteiger partial charge in [0.1, 0.15) is 12.2 Å². The molecule has 16 heavy (non-hydrogen) atoms. The minimum atomic E-state index is -1.00. The van der Waals surface area contributed by atoms with Crippen molar-refractivity contribution >= 4 is 17.6 Å². The zero-order valence-corrected chi connectivity index (χ0v) is 9.14. The first kappa shape index (κ1) is 10.6. The second-order valence-electron chi connectivity index (χ2n) is 3.21. The van der Waals surface area contributed by atoms with Crippen LogP contribution >= 0.6 is 11.6 Å². The maximum absolute atomic E-state index is 10.8. The lowest BCUT2D eigenvalue weighted by molar-refractivity contribution is 0.0697. The second kappa shape index (κ2) is 3.94. The van der Waals surface area contributed by atoms with Crippen LogP contribution in [-0.2, 0) is 0 Å². The fourth-order valence-electron chi connectivity index (χ4n) is 1.28. The van der Waals surface area contributed by atoms with Crippen LogP contribution in [0, 0.1) is 6.92 Å². The summed E-state index contributed by atoms with van der Waals surface area (Å²) in [5.41, 5.74) is 0.662. The number of carboxylic acids is 1. The molecule has 1 N–H and O–H groups in total. The Bertz CT molecular complexity index is 551. The molecule has 0 saturated carbocycles. The zero-order valence-electron chi connectivity index (χ0n) is 8.38. The van der Waals surface area contributed by atoms with E-state index < -0.39 is 5.97 Å². The number of aromatic nitrogens is 3. The maximum atomic E-state index is 10.8. The highest BCUT2D eigenvalue weighted by Crippen LogP contribution is 2.21. The van der Waals surface area contributed by atoms with Crippen molar-refractivity contribution in [2.24, 2.45) is 0 Å². The Kier molecular flexibility index (Phi) is 2.62. The normalized spacial score (nSPS) is 10.4. The monoisotopic (exact) mass is 237 g/mol. The molecule has 2 aromatic rings. The van der Waals surface area contributed by atoms with E-state index in [4.69, 9.17) is 16.7 Å². The highest BCUT2D eigenvalue weighted by molar-refractivity contribution is 6.32. The average Bonchev–Trinajstić information content (AvgIpc) is 2.65. The SMILES string of the molecule is Cc1ncn(-c2cc(C(=O)O)ccc2Cl)n1. The third-order valence-corrected chi connectivity index (χ3v) is 2.37. The van der Waals surface area contributed by atoms with Crippen molar-refractivity contribution in [3.05, 3.63) is 40.9 Å². The van der Waals surface area contributed by atoms with E-state index in [0.717, 1.165) is 0 Å². The summed E-state index contributed by atoms with van der Waals surface area (Å²) in [7, 11) is 0. The zero-order chi connectivity index (χ0) is 11.7. The summed E-state index contributed by atoms with van der Waals surface area (Å²) in [6.45, 7) is 1.74. The number of benzene rings is 1. The molecular weight excluding hydrogens is 230 g/mol. The van der Waals surface area contributed by atoms with Gasteiger partial charge >= 0.3 is 5.97 Å². The Morgan fingerprint density at radius 1 is 1.50 bits per heavy atom. The quantitative estimate of drug-likeness (QED) is 0.867. The molecule has 0 unspecified atom stereocenters. The Labute approximate surface area is 96.3 Å². The molecule has 0 fully saturated rings. The van der Waals surface area contributed by atoms with E-state index in [1.807, 2.05) is 0 Å². The summed E-state index contributed by atoms with van der Waals surface area (Å²) in [4.78, 5) is 14.8. The van der Waals surface area contributed by atoms with Crippen molar-refractivity contribution in [3.63, 3.8) is 0 Å². The number of hydrogen-bond acceptors (Lipinski definition) is 3. The standard InChI is InChI=1S/C10H8ClN3O2/c1-6-12-5-14(13-6)9-4-7(10(15)16)2-3-8(9)11/h2-5H,1H3,(H,15,16). The molecular formula is C10H8ClN3O2. The van der Waals surface area contributed by atoms with Crippen LogP contribution in [0.4, 0.5) is 0 Å². The number of carboxylic acid groups (broad SMARTS) is 1. The van der Waals surface area contributed by atoms with Crippen molar-refractivity contribution < 1.29 is 9.90 Å². The lowest BCUT2D eigenvalue weighted by Gasteiger charge is -2.04. The van der Waals surface area contributed by atoms with Gasteiger partial charge in [-0.1, -0.05) is 11.6 Å². The third-order valence-electron chi connectivity index (χ3n) is 2.05. The molecule has 5 nitrogen and oxygen atoms in total. The van der Waals surface area contributed by atoms with Gasteiger partial charge in [-0.15, -0.1) is 0 Å². The van der Waals surface area contributed by atoms with E-state index in [0.29, 0.717) is 16.5 Å². The van der Waals surface area contributed by atoms with Gasteiger partial charge in [0.2, 0.25) is 0 Å². The largest absolute Gasteiger partial charge is 0.478 e. The van der Waals surface area contributed by atoms with Gasteiger partial charge in [0.25, 0.3) is 0 Å². The number of aryl methyl sites for hydroxylation is 1. The number of nitrogens with zero attached hydrogens (tertiary/aromatic N) is 3. The van der Waals surface area contributed by atoms with Gasteiger partial charge in [-0.05, 0) is 25.1 Å². The molecule has 0 aliphatic carbocycles. The predicted octanol–water partition coefficient (Wildman–Crippen LogP) is 1.93. The molecule has 82 valence electrons. The summed E-state index contributed by atoms with van der Waals surface area (Å²) >= 11 is 5.96. The minimum absolute atomic E-state index is 0.160. The number of aromatic carboxylic acids is 1. The van der Waals surface area contributed by atoms with E-state index in [1.54, 1.807) is 6.92 Å². The summed E-state index contributed by atoms with van der Waals surface area (Å²) in [5.74, 6) is -0.411. The van der Waals surface area contributed by atoms with Gasteiger partial charge in [0.05, 0.1) is 16.3 Å². The van der Waals surface area contributed by atoms with Gasteiger partial charge in [-0.3, -0.25) is 0 Å². The van der Waals surface area contributed by atoms with Crippen LogP contribution < -0.4 is 0 Å². The summed E-state index contributed by atoms with van der Waals surface area (Å²) in [6.07, 6.45) is 1.49. The smallest absolute Gasteiger partial charge is 0.335 e. The second-order valence-corrected chi connectivity index (χ2v) is 3.61. The maximum Gasteiger partial charge on any atom is 0.335 e. The third kappa shape index (κ3) is 1.90. The first-order valence-corrected chi connectivity index (χ1v) is 4.87. The minimum Gasteiger partial charge on any atom is -0.478 e. The molecule has 0 aliphatic heterocycles. The summed E-state index contributed by atoms with van der Waals surface area (Å²) in [6, 6.07) is 4.42. The molecule has 1 heterocycles. The van der Waals surface area contributed by atoms with Crippen molar-refractivity contribution in [1.82, 2.24) is 14.8 Å². The van der Waals surface area contributed by atoms with E-state index in [1.165, 1.54) is 29.2 Å². The van der Waals surface area contributed by atoms with Crippen LogP contribution in [-0.4, -0.2) is 25.8 Å². The fraction of sp³-hybridized carbons (Fsp3) is 0.100. The Hall–Kier alpha value is -1.88. The Balaban J connectivity index is 2.55. The Morgan fingerprint density at radius 3 is 2.81 bits per heavy atom. The highest BCUT2D eigenvalue weighted by Gasteiger charge is 2.09. The van der Waals surface area contributed by atoms with Crippen molar-refractivity contribution in [1.29, 1.82) is 0 Å². The fourth-order valence-corrected chi connectivity index (χ4v) is 1.49. The van der Waals surface area contributed by atoms with Crippen LogP contribution in [0.25, 0.3) is 5.69 Å². The molecule has 0 radical (unpaired) electrons. The predicted molar refractivity (Wildman–Crippen MR) is 58.1 cm³/mol. The molecule has 0 bridgehead atoms. The number of carbonyl (C=O) groups is 1. The van der Waals surface area contributed by atoms with Crippen LogP contribution in [0.1, 0.15) is 16.2 Å².